The van der Waals surface area contributed by atoms with Gasteiger partial charge in [-0.15, -0.1) is 24.8 Å². The highest BCUT2D eigenvalue weighted by atomic mass is 35.5. The molecule has 23 heavy (non-hydrogen) atoms. The van der Waals surface area contributed by atoms with Crippen LogP contribution >= 0.6 is 36.4 Å². The van der Waals surface area contributed by atoms with Crippen molar-refractivity contribution in [1.82, 2.24) is 10.2 Å². The zero-order valence-electron chi connectivity index (χ0n) is 11.8. The molecule has 2 rings (SSSR count). The zero-order valence-corrected chi connectivity index (χ0v) is 14.2. The van der Waals surface area contributed by atoms with Gasteiger partial charge >= 0.3 is 6.18 Å². The van der Waals surface area contributed by atoms with Gasteiger partial charge in [0.15, 0.2) is 0 Å². The maximum atomic E-state index is 14.1. The molecule has 1 aliphatic heterocycles. The average Bonchev–Trinajstić information content (AvgIpc) is 2.44. The van der Waals surface area contributed by atoms with E-state index in [1.165, 1.54) is 0 Å². The zero-order chi connectivity index (χ0) is 15.6. The smallest absolute Gasteiger partial charge is 0.314 e. The van der Waals surface area contributed by atoms with Gasteiger partial charge in [0.2, 0.25) is 0 Å². The standard InChI is InChI=1S/C13H14ClF5N2.2ClH/c14-10-6-8(13(17,18)19)5-9(12(10)16)11(7-15)21-3-1-20-2-4-21;;/h5-6,11,20H,1-4,7H2;2*1H/t11-;;/m0../s1. The Kier molecular flexibility index (Phi) is 9.09. The van der Waals surface area contributed by atoms with Crippen LogP contribution in [0.5, 0.6) is 0 Å². The molecule has 0 aliphatic carbocycles. The lowest BCUT2D eigenvalue weighted by molar-refractivity contribution is -0.137. The average molecular weight is 402 g/mol. The van der Waals surface area contributed by atoms with Crippen LogP contribution in [0.25, 0.3) is 0 Å². The third kappa shape index (κ3) is 5.32. The summed E-state index contributed by atoms with van der Waals surface area (Å²) in [6.45, 7) is 1.04. The van der Waals surface area contributed by atoms with Gasteiger partial charge in [0.05, 0.1) is 16.6 Å². The molecule has 1 aromatic carbocycles. The molecular weight excluding hydrogens is 386 g/mol. The molecule has 0 bridgehead atoms. The van der Waals surface area contributed by atoms with Gasteiger partial charge in [-0.3, -0.25) is 4.90 Å². The summed E-state index contributed by atoms with van der Waals surface area (Å²) in [7, 11) is 0. The Morgan fingerprint density at radius 2 is 1.74 bits per heavy atom. The summed E-state index contributed by atoms with van der Waals surface area (Å²) >= 11 is 5.54. The molecule has 10 heteroatoms. The number of benzene rings is 1. The van der Waals surface area contributed by atoms with E-state index in [1.54, 1.807) is 4.90 Å². The fourth-order valence-electron chi connectivity index (χ4n) is 2.39. The van der Waals surface area contributed by atoms with E-state index in [2.05, 4.69) is 5.32 Å². The van der Waals surface area contributed by atoms with E-state index in [0.29, 0.717) is 38.3 Å². The highest BCUT2D eigenvalue weighted by Gasteiger charge is 2.34. The van der Waals surface area contributed by atoms with Crippen LogP contribution in [-0.4, -0.2) is 37.8 Å². The Labute approximate surface area is 148 Å². The third-order valence-corrected chi connectivity index (χ3v) is 3.76. The maximum Gasteiger partial charge on any atom is 0.416 e. The first kappa shape index (κ1) is 22.7. The molecule has 1 N–H and O–H groups in total. The van der Waals surface area contributed by atoms with Crippen molar-refractivity contribution in [2.75, 3.05) is 32.9 Å². The lowest BCUT2D eigenvalue weighted by Crippen LogP contribution is -2.46. The molecule has 1 aromatic rings. The van der Waals surface area contributed by atoms with Crippen LogP contribution in [0.3, 0.4) is 0 Å². The Morgan fingerprint density at radius 3 is 2.22 bits per heavy atom. The summed E-state index contributed by atoms with van der Waals surface area (Å²) in [6, 6.07) is 0.105. The molecule has 134 valence electrons. The van der Waals surface area contributed by atoms with Crippen molar-refractivity contribution in [1.29, 1.82) is 0 Å². The number of hydrogen-bond acceptors (Lipinski definition) is 2. The van der Waals surface area contributed by atoms with Crippen molar-refractivity contribution in [3.8, 4) is 0 Å². The second-order valence-electron chi connectivity index (χ2n) is 4.82. The topological polar surface area (TPSA) is 15.3 Å². The van der Waals surface area contributed by atoms with E-state index in [9.17, 15) is 22.0 Å². The van der Waals surface area contributed by atoms with Crippen LogP contribution in [0.4, 0.5) is 22.0 Å². The molecule has 0 radical (unpaired) electrons. The van der Waals surface area contributed by atoms with Crippen LogP contribution in [-0.2, 0) is 6.18 Å². The number of rotatable bonds is 3. The minimum absolute atomic E-state index is 0. The number of piperazine rings is 1. The second-order valence-corrected chi connectivity index (χ2v) is 5.22. The molecule has 1 atom stereocenters. The predicted octanol–water partition coefficient (Wildman–Crippen LogP) is 4.26. The number of hydrogen-bond donors (Lipinski definition) is 1. The molecule has 0 spiro atoms. The fraction of sp³-hybridized carbons (Fsp3) is 0.538. The molecule has 1 saturated heterocycles. The van der Waals surface area contributed by atoms with E-state index < -0.39 is 35.3 Å². The number of nitrogens with zero attached hydrogens (tertiary/aromatic N) is 1. The quantitative estimate of drug-likeness (QED) is 0.762. The lowest BCUT2D eigenvalue weighted by Gasteiger charge is -2.34. The van der Waals surface area contributed by atoms with Crippen molar-refractivity contribution in [2.24, 2.45) is 0 Å². The van der Waals surface area contributed by atoms with Gasteiger partial charge in [0.25, 0.3) is 0 Å². The molecule has 1 aliphatic rings. The summed E-state index contributed by atoms with van der Waals surface area (Å²) in [5.74, 6) is -0.995. The van der Waals surface area contributed by atoms with E-state index in [-0.39, 0.29) is 30.4 Å². The Morgan fingerprint density at radius 1 is 1.17 bits per heavy atom. The monoisotopic (exact) mass is 400 g/mol. The van der Waals surface area contributed by atoms with Crippen LogP contribution in [0.15, 0.2) is 12.1 Å². The SMILES string of the molecule is Cl.Cl.FC[C@@H](c1cc(C(F)(F)F)cc(Cl)c1F)N1CCNCC1. The Bertz CT molecular complexity index is 507. The lowest BCUT2D eigenvalue weighted by atomic mass is 10.0. The predicted molar refractivity (Wildman–Crippen MR) is 84.1 cm³/mol. The fourth-order valence-corrected chi connectivity index (χ4v) is 2.61. The normalized spacial score (nSPS) is 17.1. The summed E-state index contributed by atoms with van der Waals surface area (Å²) in [5.41, 5.74) is -1.42. The Balaban J connectivity index is 0.00000242. The van der Waals surface area contributed by atoms with Gasteiger partial charge in [0, 0.05) is 31.7 Å². The molecule has 0 aromatic heterocycles. The highest BCUT2D eigenvalue weighted by Crippen LogP contribution is 2.36. The van der Waals surface area contributed by atoms with Gasteiger partial charge in [-0.05, 0) is 12.1 Å². The van der Waals surface area contributed by atoms with E-state index in [0.717, 1.165) is 0 Å². The van der Waals surface area contributed by atoms with E-state index in [1.807, 2.05) is 0 Å². The minimum Gasteiger partial charge on any atom is -0.314 e. The van der Waals surface area contributed by atoms with Crippen molar-refractivity contribution in [2.45, 2.75) is 12.2 Å². The highest BCUT2D eigenvalue weighted by molar-refractivity contribution is 6.30. The van der Waals surface area contributed by atoms with Crippen molar-refractivity contribution in [3.05, 3.63) is 34.1 Å². The van der Waals surface area contributed by atoms with Crippen LogP contribution in [0, 0.1) is 5.82 Å². The summed E-state index contributed by atoms with van der Waals surface area (Å²) in [6.07, 6.45) is -4.66. The van der Waals surface area contributed by atoms with Gasteiger partial charge < -0.3 is 5.32 Å². The van der Waals surface area contributed by atoms with Gasteiger partial charge in [-0.1, -0.05) is 11.6 Å². The molecule has 0 saturated carbocycles. The first-order valence-electron chi connectivity index (χ1n) is 6.41. The molecule has 0 amide bonds. The largest absolute Gasteiger partial charge is 0.416 e. The second kappa shape index (κ2) is 9.22. The summed E-state index contributed by atoms with van der Waals surface area (Å²) in [4.78, 5) is 1.62. The van der Waals surface area contributed by atoms with Crippen LogP contribution in [0.1, 0.15) is 17.2 Å². The molecule has 1 heterocycles. The molecule has 0 unspecified atom stereocenters. The van der Waals surface area contributed by atoms with Gasteiger partial charge in [-0.25, -0.2) is 8.78 Å². The molecule has 2 nitrogen and oxygen atoms in total. The molecule has 1 fully saturated rings. The van der Waals surface area contributed by atoms with Crippen LogP contribution < -0.4 is 5.32 Å². The van der Waals surface area contributed by atoms with E-state index in [4.69, 9.17) is 11.6 Å². The van der Waals surface area contributed by atoms with Crippen molar-refractivity contribution < 1.29 is 22.0 Å². The number of alkyl halides is 4. The van der Waals surface area contributed by atoms with E-state index >= 15 is 0 Å². The number of nitrogens with one attached hydrogen (secondary N) is 1. The van der Waals surface area contributed by atoms with Crippen molar-refractivity contribution in [3.63, 3.8) is 0 Å². The first-order valence-corrected chi connectivity index (χ1v) is 6.79. The van der Waals surface area contributed by atoms with Crippen molar-refractivity contribution >= 4 is 36.4 Å². The summed E-state index contributed by atoms with van der Waals surface area (Å²) in [5, 5.41) is 2.40. The number of halogens is 8. The minimum atomic E-state index is -4.66. The Hall–Kier alpha value is -0.340. The van der Waals surface area contributed by atoms with Gasteiger partial charge in [0.1, 0.15) is 12.5 Å². The first-order chi connectivity index (χ1) is 9.84. The van der Waals surface area contributed by atoms with Gasteiger partial charge in [-0.2, -0.15) is 13.2 Å². The maximum absolute atomic E-state index is 14.1. The summed E-state index contributed by atoms with van der Waals surface area (Å²) < 4.78 is 65.7. The third-order valence-electron chi connectivity index (χ3n) is 3.48. The van der Waals surface area contributed by atoms with Crippen LogP contribution in [0.2, 0.25) is 5.02 Å². The molecular formula is C13H16Cl3F5N2.